The largest absolute Gasteiger partial charge is 0.383 e. The second-order valence-corrected chi connectivity index (χ2v) is 6.60. The Labute approximate surface area is 188 Å². The number of ether oxygens (including phenoxy) is 1. The van der Waals surface area contributed by atoms with E-state index in [1.165, 1.54) is 5.56 Å². The van der Waals surface area contributed by atoms with Crippen LogP contribution in [0.1, 0.15) is 18.0 Å². The topological polar surface area (TPSA) is 56.8 Å². The molecule has 1 unspecified atom stereocenters. The van der Waals surface area contributed by atoms with Crippen LogP contribution in [0.3, 0.4) is 0 Å². The predicted molar refractivity (Wildman–Crippen MR) is 122 cm³/mol. The molecule has 1 heterocycles. The van der Waals surface area contributed by atoms with Crippen molar-refractivity contribution < 1.29 is 9.53 Å². The van der Waals surface area contributed by atoms with E-state index in [1.54, 1.807) is 7.11 Å². The molecule has 1 atom stereocenters. The van der Waals surface area contributed by atoms with Crippen LogP contribution in [0.2, 0.25) is 0 Å². The SMILES string of the molecule is COCCNCC(=O)NCCCN1CCN(C)CC1c1ccccc1.Cl.Cl.Cl. The molecule has 1 aromatic carbocycles. The van der Waals surface area contributed by atoms with Gasteiger partial charge in [-0.3, -0.25) is 9.69 Å². The van der Waals surface area contributed by atoms with Gasteiger partial charge in [0.25, 0.3) is 0 Å². The molecule has 1 fully saturated rings. The number of carbonyl (C=O) groups is 1. The van der Waals surface area contributed by atoms with Gasteiger partial charge in [-0.1, -0.05) is 30.3 Å². The first-order valence-corrected chi connectivity index (χ1v) is 9.14. The van der Waals surface area contributed by atoms with E-state index in [4.69, 9.17) is 4.74 Å². The van der Waals surface area contributed by atoms with Crippen LogP contribution in [-0.4, -0.2) is 82.3 Å². The Kier molecular flexibility index (Phi) is 18.3. The summed E-state index contributed by atoms with van der Waals surface area (Å²) in [4.78, 5) is 16.7. The monoisotopic (exact) mass is 456 g/mol. The van der Waals surface area contributed by atoms with E-state index < -0.39 is 0 Å². The standard InChI is InChI=1S/C19H32N4O2.3ClH/c1-22-12-13-23(18(16-22)17-7-4-3-5-8-17)11-6-9-21-19(24)15-20-10-14-25-2;;;/h3-5,7-8,18,20H,6,9-16H2,1-2H3,(H,21,24);3*1H. The van der Waals surface area contributed by atoms with Gasteiger partial charge in [0.1, 0.15) is 0 Å². The molecule has 0 aromatic heterocycles. The zero-order valence-corrected chi connectivity index (χ0v) is 19.2. The van der Waals surface area contributed by atoms with Crippen molar-refractivity contribution in [1.29, 1.82) is 0 Å². The average molecular weight is 458 g/mol. The lowest BCUT2D eigenvalue weighted by atomic mass is 10.0. The summed E-state index contributed by atoms with van der Waals surface area (Å²) in [5.74, 6) is 0.0501. The van der Waals surface area contributed by atoms with Gasteiger partial charge in [-0.25, -0.2) is 0 Å². The molecule has 2 rings (SSSR count). The van der Waals surface area contributed by atoms with Crippen molar-refractivity contribution in [3.8, 4) is 0 Å². The molecule has 0 radical (unpaired) electrons. The molecule has 1 saturated heterocycles. The number of likely N-dealkylation sites (N-methyl/N-ethyl adjacent to an activating group) is 1. The van der Waals surface area contributed by atoms with Gasteiger partial charge >= 0.3 is 0 Å². The summed E-state index contributed by atoms with van der Waals surface area (Å²) >= 11 is 0. The van der Waals surface area contributed by atoms with Crippen molar-refractivity contribution >= 4 is 43.1 Å². The number of hydrogen-bond donors (Lipinski definition) is 2. The Bertz CT molecular complexity index is 511. The third kappa shape index (κ3) is 10.8. The molecule has 1 aromatic rings. The zero-order chi connectivity index (χ0) is 17.9. The second-order valence-electron chi connectivity index (χ2n) is 6.60. The van der Waals surface area contributed by atoms with Gasteiger partial charge in [0, 0.05) is 52.4 Å². The Balaban J connectivity index is 0. The molecule has 0 bridgehead atoms. The number of piperazine rings is 1. The van der Waals surface area contributed by atoms with Crippen molar-refractivity contribution in [3.63, 3.8) is 0 Å². The molecule has 1 aliphatic rings. The van der Waals surface area contributed by atoms with Crippen molar-refractivity contribution in [2.24, 2.45) is 0 Å². The van der Waals surface area contributed by atoms with E-state index >= 15 is 0 Å². The van der Waals surface area contributed by atoms with Crippen LogP contribution in [0.15, 0.2) is 30.3 Å². The molecule has 28 heavy (non-hydrogen) atoms. The van der Waals surface area contributed by atoms with Gasteiger partial charge in [0.15, 0.2) is 0 Å². The number of rotatable bonds is 10. The third-order valence-corrected chi connectivity index (χ3v) is 4.59. The quantitative estimate of drug-likeness (QED) is 0.526. The van der Waals surface area contributed by atoms with Gasteiger partial charge in [0.05, 0.1) is 13.2 Å². The van der Waals surface area contributed by atoms with E-state index in [9.17, 15) is 4.79 Å². The Morgan fingerprint density at radius 2 is 1.86 bits per heavy atom. The van der Waals surface area contributed by atoms with E-state index in [0.717, 1.165) is 39.1 Å². The maximum Gasteiger partial charge on any atom is 0.233 e. The minimum atomic E-state index is 0. The Morgan fingerprint density at radius 1 is 1.14 bits per heavy atom. The fourth-order valence-corrected chi connectivity index (χ4v) is 3.16. The number of halogens is 3. The van der Waals surface area contributed by atoms with Gasteiger partial charge in [-0.15, -0.1) is 37.2 Å². The zero-order valence-electron chi connectivity index (χ0n) is 16.8. The lowest BCUT2D eigenvalue weighted by molar-refractivity contribution is -0.120. The number of carbonyl (C=O) groups excluding carboxylic acids is 1. The summed E-state index contributed by atoms with van der Waals surface area (Å²) in [5, 5.41) is 6.04. The van der Waals surface area contributed by atoms with Gasteiger partial charge in [-0.05, 0) is 19.0 Å². The van der Waals surface area contributed by atoms with Crippen molar-refractivity contribution in [2.45, 2.75) is 12.5 Å². The van der Waals surface area contributed by atoms with Crippen LogP contribution in [0, 0.1) is 0 Å². The minimum absolute atomic E-state index is 0. The highest BCUT2D eigenvalue weighted by atomic mass is 35.5. The van der Waals surface area contributed by atoms with Gasteiger partial charge in [0.2, 0.25) is 5.91 Å². The second kappa shape index (κ2) is 17.3. The molecular formula is C19H35Cl3N4O2. The lowest BCUT2D eigenvalue weighted by Gasteiger charge is -2.40. The molecule has 6 nitrogen and oxygen atoms in total. The molecule has 2 N–H and O–H groups in total. The van der Waals surface area contributed by atoms with Crippen LogP contribution >= 0.6 is 37.2 Å². The molecule has 9 heteroatoms. The Hall–Kier alpha value is -0.600. The summed E-state index contributed by atoms with van der Waals surface area (Å²) in [6, 6.07) is 11.1. The molecule has 1 amide bonds. The maximum atomic E-state index is 11.8. The van der Waals surface area contributed by atoms with Gasteiger partial charge < -0.3 is 20.3 Å². The van der Waals surface area contributed by atoms with Crippen LogP contribution in [-0.2, 0) is 9.53 Å². The Morgan fingerprint density at radius 3 is 2.54 bits per heavy atom. The molecule has 0 saturated carbocycles. The first-order valence-electron chi connectivity index (χ1n) is 9.14. The van der Waals surface area contributed by atoms with E-state index in [1.807, 2.05) is 0 Å². The summed E-state index contributed by atoms with van der Waals surface area (Å²) in [7, 11) is 3.84. The smallest absolute Gasteiger partial charge is 0.233 e. The molecule has 0 spiro atoms. The lowest BCUT2D eigenvalue weighted by Crippen LogP contribution is -2.47. The number of amides is 1. The van der Waals surface area contributed by atoms with Crippen molar-refractivity contribution in [3.05, 3.63) is 35.9 Å². The minimum Gasteiger partial charge on any atom is -0.383 e. The van der Waals surface area contributed by atoms with Crippen molar-refractivity contribution in [2.75, 3.05) is 66.6 Å². The van der Waals surface area contributed by atoms with Gasteiger partial charge in [-0.2, -0.15) is 0 Å². The first kappa shape index (κ1) is 29.6. The number of hydrogen-bond acceptors (Lipinski definition) is 5. The van der Waals surface area contributed by atoms with Crippen LogP contribution in [0.5, 0.6) is 0 Å². The number of methoxy groups -OCH3 is 1. The summed E-state index contributed by atoms with van der Waals surface area (Å²) in [6.45, 7) is 6.62. The average Bonchev–Trinajstić information content (AvgIpc) is 2.64. The molecular weight excluding hydrogens is 423 g/mol. The summed E-state index contributed by atoms with van der Waals surface area (Å²) in [5.41, 5.74) is 1.38. The molecule has 1 aliphatic heterocycles. The van der Waals surface area contributed by atoms with E-state index in [2.05, 4.69) is 57.8 Å². The first-order chi connectivity index (χ1) is 12.2. The fraction of sp³-hybridized carbons (Fsp3) is 0.632. The maximum absolute atomic E-state index is 11.8. The molecule has 0 aliphatic carbocycles. The number of benzene rings is 1. The predicted octanol–water partition coefficient (Wildman–Crippen LogP) is 1.98. The van der Waals surface area contributed by atoms with Crippen LogP contribution in [0.4, 0.5) is 0 Å². The summed E-state index contributed by atoms with van der Waals surface area (Å²) < 4.78 is 4.94. The highest BCUT2D eigenvalue weighted by Gasteiger charge is 2.25. The number of nitrogens with one attached hydrogen (secondary N) is 2. The van der Waals surface area contributed by atoms with E-state index in [0.29, 0.717) is 25.7 Å². The highest BCUT2D eigenvalue weighted by Crippen LogP contribution is 2.24. The van der Waals surface area contributed by atoms with Crippen LogP contribution < -0.4 is 10.6 Å². The third-order valence-electron chi connectivity index (χ3n) is 4.59. The van der Waals surface area contributed by atoms with Crippen LogP contribution in [0.25, 0.3) is 0 Å². The fourth-order valence-electron chi connectivity index (χ4n) is 3.16. The summed E-state index contributed by atoms with van der Waals surface area (Å²) in [6.07, 6.45) is 0.969. The number of nitrogens with zero attached hydrogens (tertiary/aromatic N) is 2. The van der Waals surface area contributed by atoms with Crippen molar-refractivity contribution in [1.82, 2.24) is 20.4 Å². The highest BCUT2D eigenvalue weighted by molar-refractivity contribution is 5.86. The van der Waals surface area contributed by atoms with E-state index in [-0.39, 0.29) is 43.1 Å². The molecule has 164 valence electrons. The normalized spacial score (nSPS) is 17.0.